The molecule has 0 aliphatic carbocycles. The summed E-state index contributed by atoms with van der Waals surface area (Å²) in [6, 6.07) is 1.72. The monoisotopic (exact) mass is 316 g/mol. The number of halogens is 1. The molecule has 100 valence electrons. The van der Waals surface area contributed by atoms with Gasteiger partial charge < -0.3 is 15.0 Å². The maximum atomic E-state index is 12.1. The molecule has 0 saturated heterocycles. The Labute approximate surface area is 114 Å². The SMILES string of the molecule is CCn1cc(Br)cc1C(=O)NC(C)(C)CC(=O)O. The fraction of sp³-hybridized carbons (Fsp3) is 0.500. The molecule has 0 fully saturated rings. The van der Waals surface area contributed by atoms with Crippen LogP contribution in [0.1, 0.15) is 37.7 Å². The largest absolute Gasteiger partial charge is 0.481 e. The van der Waals surface area contributed by atoms with Crippen LogP contribution in [0.5, 0.6) is 0 Å². The van der Waals surface area contributed by atoms with Crippen molar-refractivity contribution in [2.24, 2.45) is 0 Å². The van der Waals surface area contributed by atoms with Crippen molar-refractivity contribution < 1.29 is 14.7 Å². The second kappa shape index (κ2) is 5.56. The fourth-order valence-corrected chi connectivity index (χ4v) is 2.18. The molecular weight excluding hydrogens is 300 g/mol. The number of carboxylic acid groups (broad SMARTS) is 1. The number of carbonyl (C=O) groups is 2. The van der Waals surface area contributed by atoms with Gasteiger partial charge in [-0.2, -0.15) is 0 Å². The van der Waals surface area contributed by atoms with Crippen molar-refractivity contribution in [3.8, 4) is 0 Å². The summed E-state index contributed by atoms with van der Waals surface area (Å²) in [5, 5.41) is 11.5. The number of aryl methyl sites for hydroxylation is 1. The zero-order valence-corrected chi connectivity index (χ0v) is 12.2. The zero-order valence-electron chi connectivity index (χ0n) is 10.7. The third kappa shape index (κ3) is 3.87. The average Bonchev–Trinajstić information content (AvgIpc) is 2.56. The number of rotatable bonds is 5. The predicted molar refractivity (Wildman–Crippen MR) is 71.6 cm³/mol. The Morgan fingerprint density at radius 3 is 2.61 bits per heavy atom. The molecule has 0 aliphatic rings. The highest BCUT2D eigenvalue weighted by Gasteiger charge is 2.25. The number of carboxylic acids is 1. The Morgan fingerprint density at radius 1 is 1.50 bits per heavy atom. The Hall–Kier alpha value is -1.30. The van der Waals surface area contributed by atoms with Crippen LogP contribution < -0.4 is 5.32 Å². The van der Waals surface area contributed by atoms with Crippen LogP contribution in [0.2, 0.25) is 0 Å². The molecule has 6 heteroatoms. The van der Waals surface area contributed by atoms with E-state index in [9.17, 15) is 9.59 Å². The van der Waals surface area contributed by atoms with Crippen molar-refractivity contribution in [2.75, 3.05) is 0 Å². The molecule has 1 heterocycles. The lowest BCUT2D eigenvalue weighted by atomic mass is 10.0. The number of nitrogens with one attached hydrogen (secondary N) is 1. The smallest absolute Gasteiger partial charge is 0.305 e. The van der Waals surface area contributed by atoms with Gasteiger partial charge in [0, 0.05) is 22.8 Å². The molecule has 1 aromatic rings. The van der Waals surface area contributed by atoms with E-state index in [1.165, 1.54) is 0 Å². The van der Waals surface area contributed by atoms with Crippen LogP contribution in [0, 0.1) is 0 Å². The molecule has 0 unspecified atom stereocenters. The van der Waals surface area contributed by atoms with Crippen LogP contribution in [0.25, 0.3) is 0 Å². The van der Waals surface area contributed by atoms with Gasteiger partial charge in [-0.25, -0.2) is 0 Å². The number of amides is 1. The van der Waals surface area contributed by atoms with Gasteiger partial charge in [-0.05, 0) is 42.8 Å². The van der Waals surface area contributed by atoms with Crippen LogP contribution in [0.3, 0.4) is 0 Å². The molecular formula is C12H17BrN2O3. The quantitative estimate of drug-likeness (QED) is 0.875. The average molecular weight is 317 g/mol. The van der Waals surface area contributed by atoms with Crippen molar-refractivity contribution in [1.29, 1.82) is 0 Å². The maximum Gasteiger partial charge on any atom is 0.305 e. The lowest BCUT2D eigenvalue weighted by Gasteiger charge is -2.24. The van der Waals surface area contributed by atoms with Crippen molar-refractivity contribution in [3.63, 3.8) is 0 Å². The van der Waals surface area contributed by atoms with E-state index in [0.29, 0.717) is 12.2 Å². The molecule has 0 aliphatic heterocycles. The van der Waals surface area contributed by atoms with Gasteiger partial charge in [-0.1, -0.05) is 0 Å². The molecule has 2 N–H and O–H groups in total. The minimum atomic E-state index is -0.938. The van der Waals surface area contributed by atoms with Gasteiger partial charge in [0.25, 0.3) is 5.91 Å². The lowest BCUT2D eigenvalue weighted by Crippen LogP contribution is -2.45. The van der Waals surface area contributed by atoms with Gasteiger partial charge in [0.05, 0.1) is 6.42 Å². The van der Waals surface area contributed by atoms with Gasteiger partial charge in [0.1, 0.15) is 5.69 Å². The van der Waals surface area contributed by atoms with Crippen molar-refractivity contribution >= 4 is 27.8 Å². The van der Waals surface area contributed by atoms with Gasteiger partial charge in [0.2, 0.25) is 0 Å². The van der Waals surface area contributed by atoms with E-state index < -0.39 is 11.5 Å². The first kappa shape index (κ1) is 14.8. The summed E-state index contributed by atoms with van der Waals surface area (Å²) in [7, 11) is 0. The Morgan fingerprint density at radius 2 is 2.11 bits per heavy atom. The molecule has 0 atom stereocenters. The van der Waals surface area contributed by atoms with E-state index in [-0.39, 0.29) is 12.3 Å². The second-order valence-corrected chi connectivity index (χ2v) is 5.65. The molecule has 0 aromatic carbocycles. The Bertz CT molecular complexity index is 466. The van der Waals surface area contributed by atoms with Gasteiger partial charge >= 0.3 is 5.97 Å². The molecule has 1 amide bonds. The van der Waals surface area contributed by atoms with Gasteiger partial charge in [-0.15, -0.1) is 0 Å². The van der Waals surface area contributed by atoms with Crippen molar-refractivity contribution in [3.05, 3.63) is 22.4 Å². The zero-order chi connectivity index (χ0) is 13.9. The van der Waals surface area contributed by atoms with Gasteiger partial charge in [-0.3, -0.25) is 9.59 Å². The van der Waals surface area contributed by atoms with E-state index in [1.807, 2.05) is 13.1 Å². The summed E-state index contributed by atoms with van der Waals surface area (Å²) in [6.45, 7) is 5.99. The van der Waals surface area contributed by atoms with Crippen molar-refractivity contribution in [1.82, 2.24) is 9.88 Å². The first-order valence-electron chi connectivity index (χ1n) is 5.65. The van der Waals surface area contributed by atoms with Crippen LogP contribution in [0.4, 0.5) is 0 Å². The topological polar surface area (TPSA) is 71.3 Å². The van der Waals surface area contributed by atoms with Crippen LogP contribution >= 0.6 is 15.9 Å². The first-order chi connectivity index (χ1) is 8.25. The lowest BCUT2D eigenvalue weighted by molar-refractivity contribution is -0.138. The van der Waals surface area contributed by atoms with Crippen LogP contribution in [-0.4, -0.2) is 27.1 Å². The summed E-state index contributed by atoms with van der Waals surface area (Å²) in [4.78, 5) is 22.8. The minimum absolute atomic E-state index is 0.118. The Balaban J connectivity index is 2.84. The summed E-state index contributed by atoms with van der Waals surface area (Å²) < 4.78 is 2.63. The van der Waals surface area contributed by atoms with Crippen LogP contribution in [-0.2, 0) is 11.3 Å². The van der Waals surface area contributed by atoms with E-state index in [4.69, 9.17) is 5.11 Å². The fourth-order valence-electron chi connectivity index (χ4n) is 1.72. The maximum absolute atomic E-state index is 12.1. The third-order valence-electron chi connectivity index (χ3n) is 2.48. The second-order valence-electron chi connectivity index (χ2n) is 4.74. The van der Waals surface area contributed by atoms with E-state index in [0.717, 1.165) is 4.47 Å². The van der Waals surface area contributed by atoms with E-state index in [2.05, 4.69) is 21.2 Å². The summed E-state index contributed by atoms with van der Waals surface area (Å²) in [5.41, 5.74) is -0.263. The van der Waals surface area contributed by atoms with Crippen molar-refractivity contribution in [2.45, 2.75) is 39.3 Å². The molecule has 1 aromatic heterocycles. The number of hydrogen-bond acceptors (Lipinski definition) is 2. The Kier molecular flexibility index (Phi) is 4.56. The van der Waals surface area contributed by atoms with E-state index in [1.54, 1.807) is 24.5 Å². The molecule has 0 saturated carbocycles. The summed E-state index contributed by atoms with van der Waals surface area (Å²) in [5.74, 6) is -1.21. The minimum Gasteiger partial charge on any atom is -0.481 e. The molecule has 18 heavy (non-hydrogen) atoms. The number of aromatic nitrogens is 1. The molecule has 1 rings (SSSR count). The van der Waals surface area contributed by atoms with E-state index >= 15 is 0 Å². The third-order valence-corrected chi connectivity index (χ3v) is 2.92. The summed E-state index contributed by atoms with van der Waals surface area (Å²) >= 11 is 3.32. The number of hydrogen-bond donors (Lipinski definition) is 2. The standard InChI is InChI=1S/C12H17BrN2O3/c1-4-15-7-8(13)5-9(15)11(18)14-12(2,3)6-10(16)17/h5,7H,4,6H2,1-3H3,(H,14,18)(H,16,17). The predicted octanol–water partition coefficient (Wildman–Crippen LogP) is 2.25. The number of carbonyl (C=O) groups excluding carboxylic acids is 1. The highest BCUT2D eigenvalue weighted by atomic mass is 79.9. The first-order valence-corrected chi connectivity index (χ1v) is 6.44. The highest BCUT2D eigenvalue weighted by molar-refractivity contribution is 9.10. The molecule has 0 spiro atoms. The highest BCUT2D eigenvalue weighted by Crippen LogP contribution is 2.16. The molecule has 0 radical (unpaired) electrons. The van der Waals surface area contributed by atoms with Crippen LogP contribution in [0.15, 0.2) is 16.7 Å². The normalized spacial score (nSPS) is 11.3. The molecule has 5 nitrogen and oxygen atoms in total. The molecule has 0 bridgehead atoms. The number of nitrogens with zero attached hydrogens (tertiary/aromatic N) is 1. The number of aliphatic carboxylic acids is 1. The van der Waals surface area contributed by atoms with Gasteiger partial charge in [0.15, 0.2) is 0 Å². The summed E-state index contributed by atoms with van der Waals surface area (Å²) in [6.07, 6.45) is 1.70.